The lowest BCUT2D eigenvalue weighted by atomic mass is 10.1. The Bertz CT molecular complexity index is 450. The highest BCUT2D eigenvalue weighted by Gasteiger charge is 2.18. The van der Waals surface area contributed by atoms with Gasteiger partial charge in [-0.3, -0.25) is 0 Å². The number of phenols is 2. The normalized spacial score (nSPS) is 11.8. The Morgan fingerprint density at radius 1 is 1.41 bits per heavy atom. The summed E-state index contributed by atoms with van der Waals surface area (Å²) in [5.74, 6) is -1.67. The average Bonchev–Trinajstić information content (AvgIpc) is 2.21. The van der Waals surface area contributed by atoms with E-state index in [9.17, 15) is 9.90 Å². The van der Waals surface area contributed by atoms with Crippen LogP contribution in [0.25, 0.3) is 0 Å². The Balaban J connectivity index is 2.82. The molecule has 1 rings (SSSR count). The number of carboxylic acids is 1. The van der Waals surface area contributed by atoms with Crippen molar-refractivity contribution in [1.29, 1.82) is 0 Å². The third-order valence-electron chi connectivity index (χ3n) is 2.09. The number of aromatic hydroxyl groups is 2. The van der Waals surface area contributed by atoms with Gasteiger partial charge in [-0.1, -0.05) is 6.07 Å². The van der Waals surface area contributed by atoms with Crippen molar-refractivity contribution in [2.75, 3.05) is 0 Å². The third kappa shape index (κ3) is 3.80. The number of phenolic OH excluding ortho intramolecular Hbond substituents is 2. The Labute approximate surface area is 103 Å². The molecule has 0 aromatic heterocycles. The second-order valence-corrected chi connectivity index (χ2v) is 3.87. The van der Waals surface area contributed by atoms with E-state index in [2.05, 4.69) is 17.5 Å². The van der Waals surface area contributed by atoms with Crippen molar-refractivity contribution >= 4 is 23.3 Å². The molecule has 0 unspecified atom stereocenters. The van der Waals surface area contributed by atoms with Gasteiger partial charge in [-0.25, -0.2) is 4.79 Å². The number of aliphatic carboxylic acids is 1. The number of nitrogens with one attached hydrogen (secondary N) is 1. The smallest absolute Gasteiger partial charge is 0.326 e. The first-order valence-corrected chi connectivity index (χ1v) is 5.10. The molecule has 1 aromatic rings. The number of rotatable bonds is 4. The van der Waals surface area contributed by atoms with E-state index < -0.39 is 12.0 Å². The molecule has 0 bridgehead atoms. The molecule has 1 aromatic carbocycles. The van der Waals surface area contributed by atoms with E-state index in [0.717, 1.165) is 0 Å². The topological polar surface area (TPSA) is 116 Å². The lowest BCUT2D eigenvalue weighted by Gasteiger charge is -2.14. The molecule has 0 saturated carbocycles. The maximum absolute atomic E-state index is 10.9. The fraction of sp³-hybridized carbons (Fsp3) is 0.200. The molecule has 7 heteroatoms. The summed E-state index contributed by atoms with van der Waals surface area (Å²) >= 11 is 4.57. The molecular formula is C10H12N2O4S. The fourth-order valence-corrected chi connectivity index (χ4v) is 1.45. The molecule has 6 nitrogen and oxygen atoms in total. The molecule has 0 fully saturated rings. The summed E-state index contributed by atoms with van der Waals surface area (Å²) in [6, 6.07) is 3.10. The van der Waals surface area contributed by atoms with Crippen LogP contribution < -0.4 is 11.1 Å². The molecule has 6 N–H and O–H groups in total. The fourth-order valence-electron chi connectivity index (χ4n) is 1.30. The van der Waals surface area contributed by atoms with Gasteiger partial charge in [0.2, 0.25) is 0 Å². The van der Waals surface area contributed by atoms with E-state index in [1.54, 1.807) is 0 Å². The van der Waals surface area contributed by atoms with Crippen LogP contribution in [0, 0.1) is 0 Å². The van der Waals surface area contributed by atoms with Crippen LogP contribution in [0.2, 0.25) is 0 Å². The second kappa shape index (κ2) is 5.35. The summed E-state index contributed by atoms with van der Waals surface area (Å²) in [5.41, 5.74) is 5.74. The quantitative estimate of drug-likeness (QED) is 0.378. The zero-order valence-electron chi connectivity index (χ0n) is 8.75. The van der Waals surface area contributed by atoms with Crippen LogP contribution in [-0.2, 0) is 11.2 Å². The van der Waals surface area contributed by atoms with E-state index in [0.29, 0.717) is 5.56 Å². The molecule has 1 atom stereocenters. The van der Waals surface area contributed by atoms with E-state index >= 15 is 0 Å². The Morgan fingerprint density at radius 3 is 2.53 bits per heavy atom. The summed E-state index contributed by atoms with van der Waals surface area (Å²) < 4.78 is 0. The van der Waals surface area contributed by atoms with Gasteiger partial charge in [0.15, 0.2) is 16.6 Å². The Kier molecular flexibility index (Phi) is 4.11. The van der Waals surface area contributed by atoms with Crippen molar-refractivity contribution in [3.63, 3.8) is 0 Å². The second-order valence-electron chi connectivity index (χ2n) is 3.43. The van der Waals surface area contributed by atoms with Crippen LogP contribution >= 0.6 is 12.2 Å². The maximum atomic E-state index is 10.9. The molecule has 17 heavy (non-hydrogen) atoms. The minimum atomic E-state index is -1.11. The predicted octanol–water partition coefficient (Wildman–Crippen LogP) is -0.0733. The predicted molar refractivity (Wildman–Crippen MR) is 64.8 cm³/mol. The van der Waals surface area contributed by atoms with Gasteiger partial charge < -0.3 is 26.4 Å². The zero-order valence-corrected chi connectivity index (χ0v) is 9.57. The third-order valence-corrected chi connectivity index (χ3v) is 2.21. The van der Waals surface area contributed by atoms with Gasteiger partial charge >= 0.3 is 5.97 Å². The Hall–Kier alpha value is -2.02. The number of carbonyl (C=O) groups is 1. The molecule has 0 radical (unpaired) electrons. The summed E-state index contributed by atoms with van der Waals surface area (Å²) in [6.45, 7) is 0. The van der Waals surface area contributed by atoms with Gasteiger partial charge in [0.1, 0.15) is 6.04 Å². The van der Waals surface area contributed by atoms with Crippen LogP contribution in [0.5, 0.6) is 11.5 Å². The van der Waals surface area contributed by atoms with Gasteiger partial charge in [0.05, 0.1) is 0 Å². The van der Waals surface area contributed by atoms with Gasteiger partial charge in [-0.15, -0.1) is 0 Å². The molecule has 0 amide bonds. The van der Waals surface area contributed by atoms with E-state index in [1.165, 1.54) is 18.2 Å². The molecule has 92 valence electrons. The van der Waals surface area contributed by atoms with E-state index in [1.807, 2.05) is 0 Å². The van der Waals surface area contributed by atoms with Crippen LogP contribution in [-0.4, -0.2) is 32.4 Å². The highest BCUT2D eigenvalue weighted by atomic mass is 32.1. The molecule has 0 aliphatic heterocycles. The van der Waals surface area contributed by atoms with Gasteiger partial charge in [-0.2, -0.15) is 0 Å². The van der Waals surface area contributed by atoms with Crippen molar-refractivity contribution in [2.45, 2.75) is 12.5 Å². The molecule has 0 saturated heterocycles. The number of carboxylic acid groups (broad SMARTS) is 1. The van der Waals surface area contributed by atoms with Crippen LogP contribution in [0.15, 0.2) is 18.2 Å². The standard InChI is InChI=1S/C10H12N2O4S/c11-10(17)12-6(9(15)16)3-5-1-2-7(13)8(14)4-5/h1-2,4,6,13-14H,3H2,(H,15,16)(H3,11,12,17)/t6-/m1/s1. The van der Waals surface area contributed by atoms with Crippen LogP contribution in [0.4, 0.5) is 0 Å². The first-order valence-electron chi connectivity index (χ1n) is 4.69. The molecule has 0 aliphatic carbocycles. The average molecular weight is 256 g/mol. The van der Waals surface area contributed by atoms with Crippen LogP contribution in [0.3, 0.4) is 0 Å². The van der Waals surface area contributed by atoms with Crippen molar-refractivity contribution in [2.24, 2.45) is 5.73 Å². The number of hydrogen-bond acceptors (Lipinski definition) is 4. The number of nitrogens with two attached hydrogens (primary N) is 1. The first-order chi connectivity index (χ1) is 7.90. The number of benzene rings is 1. The number of thiocarbonyl (C=S) groups is 1. The highest BCUT2D eigenvalue weighted by Crippen LogP contribution is 2.25. The Morgan fingerprint density at radius 2 is 2.06 bits per heavy atom. The van der Waals surface area contributed by atoms with Gasteiger partial charge in [-0.05, 0) is 29.9 Å². The van der Waals surface area contributed by atoms with Crippen LogP contribution in [0.1, 0.15) is 5.56 Å². The minimum absolute atomic E-state index is 0.0838. The van der Waals surface area contributed by atoms with Crippen molar-refractivity contribution in [3.8, 4) is 11.5 Å². The highest BCUT2D eigenvalue weighted by molar-refractivity contribution is 7.80. The summed E-state index contributed by atoms with van der Waals surface area (Å²) in [6.07, 6.45) is 0.0838. The largest absolute Gasteiger partial charge is 0.504 e. The van der Waals surface area contributed by atoms with Gasteiger partial charge in [0.25, 0.3) is 0 Å². The van der Waals surface area contributed by atoms with Gasteiger partial charge in [0, 0.05) is 6.42 Å². The lowest BCUT2D eigenvalue weighted by molar-refractivity contribution is -0.139. The first kappa shape index (κ1) is 13.0. The molecule has 0 spiro atoms. The van der Waals surface area contributed by atoms with E-state index in [4.69, 9.17) is 15.9 Å². The monoisotopic (exact) mass is 256 g/mol. The lowest BCUT2D eigenvalue weighted by Crippen LogP contribution is -2.44. The molecular weight excluding hydrogens is 244 g/mol. The zero-order chi connectivity index (χ0) is 13.0. The molecule has 0 heterocycles. The van der Waals surface area contributed by atoms with Crippen molar-refractivity contribution in [3.05, 3.63) is 23.8 Å². The summed E-state index contributed by atoms with van der Waals surface area (Å²) in [7, 11) is 0. The summed E-state index contributed by atoms with van der Waals surface area (Å²) in [4.78, 5) is 10.9. The van der Waals surface area contributed by atoms with E-state index in [-0.39, 0.29) is 23.0 Å². The minimum Gasteiger partial charge on any atom is -0.504 e. The van der Waals surface area contributed by atoms with Crippen molar-refractivity contribution < 1.29 is 20.1 Å². The molecule has 0 aliphatic rings. The van der Waals surface area contributed by atoms with Crippen molar-refractivity contribution in [1.82, 2.24) is 5.32 Å². The summed E-state index contributed by atoms with van der Waals surface area (Å²) in [5, 5.41) is 29.6. The number of hydrogen-bond donors (Lipinski definition) is 5. The maximum Gasteiger partial charge on any atom is 0.326 e. The SMILES string of the molecule is NC(=S)N[C@H](Cc1ccc(O)c(O)c1)C(=O)O.